The van der Waals surface area contributed by atoms with Crippen LogP contribution >= 0.6 is 12.2 Å². The summed E-state index contributed by atoms with van der Waals surface area (Å²) in [6.07, 6.45) is 3.03. The summed E-state index contributed by atoms with van der Waals surface area (Å²) in [5.41, 5.74) is 6.92. The number of nitrogen functional groups attached to an aromatic ring is 1. The first kappa shape index (κ1) is 14.0. The van der Waals surface area contributed by atoms with Crippen molar-refractivity contribution in [2.45, 2.75) is 0 Å². The van der Waals surface area contributed by atoms with Crippen LogP contribution in [0.5, 0.6) is 0 Å². The summed E-state index contributed by atoms with van der Waals surface area (Å²) in [4.78, 5) is 25.4. The van der Waals surface area contributed by atoms with E-state index in [1.807, 2.05) is 0 Å². The first-order chi connectivity index (χ1) is 9.52. The molecular formula is C14H13N3O2S. The molecule has 20 heavy (non-hydrogen) atoms. The second-order valence-corrected chi connectivity index (χ2v) is 4.58. The van der Waals surface area contributed by atoms with E-state index in [0.717, 1.165) is 0 Å². The van der Waals surface area contributed by atoms with E-state index in [-0.39, 0.29) is 17.2 Å². The van der Waals surface area contributed by atoms with E-state index in [2.05, 4.69) is 11.9 Å². The number of thiocarbonyl (C=S) groups is 1. The fourth-order valence-electron chi connectivity index (χ4n) is 1.80. The van der Waals surface area contributed by atoms with Crippen LogP contribution < -0.4 is 11.1 Å². The number of rotatable bonds is 3. The van der Waals surface area contributed by atoms with E-state index in [1.54, 1.807) is 30.3 Å². The monoisotopic (exact) mass is 287 g/mol. The van der Waals surface area contributed by atoms with E-state index in [4.69, 9.17) is 18.0 Å². The van der Waals surface area contributed by atoms with Gasteiger partial charge in [-0.25, -0.2) is 0 Å². The Bertz CT molecular complexity index is 637. The lowest BCUT2D eigenvalue weighted by atomic mass is 10.1. The molecule has 5 nitrogen and oxygen atoms in total. The fourth-order valence-corrected chi connectivity index (χ4v) is 2.05. The van der Waals surface area contributed by atoms with Crippen molar-refractivity contribution in [3.8, 4) is 0 Å². The average molecular weight is 287 g/mol. The molecule has 1 heterocycles. The number of hydrogen-bond donors (Lipinski definition) is 2. The highest BCUT2D eigenvalue weighted by molar-refractivity contribution is 7.80. The maximum absolute atomic E-state index is 12.3. The van der Waals surface area contributed by atoms with Gasteiger partial charge in [-0.15, -0.1) is 6.58 Å². The minimum atomic E-state index is -0.511. The van der Waals surface area contributed by atoms with Gasteiger partial charge in [-0.3, -0.25) is 19.8 Å². The van der Waals surface area contributed by atoms with E-state index < -0.39 is 11.8 Å². The molecule has 1 aliphatic heterocycles. The molecule has 0 unspecified atom stereocenters. The number of nitrogens with zero attached hydrogens (tertiary/aromatic N) is 1. The van der Waals surface area contributed by atoms with Crippen molar-refractivity contribution in [1.29, 1.82) is 0 Å². The van der Waals surface area contributed by atoms with Gasteiger partial charge in [-0.05, 0) is 36.0 Å². The average Bonchev–Trinajstić information content (AvgIpc) is 2.39. The van der Waals surface area contributed by atoms with Gasteiger partial charge in [0.1, 0.15) is 5.57 Å². The first-order valence-electron chi connectivity index (χ1n) is 5.88. The summed E-state index contributed by atoms with van der Waals surface area (Å²) in [5.74, 6) is -0.955. The highest BCUT2D eigenvalue weighted by Crippen LogP contribution is 2.16. The molecule has 0 radical (unpaired) electrons. The standard InChI is InChI=1S/C14H13N3O2S/c1-2-6-17-13(19)11(12(18)16-14(17)20)8-9-4-3-5-10(15)7-9/h2-5,7-8H,1,6,15H2,(H,16,18,20)/b11-8+. The lowest BCUT2D eigenvalue weighted by molar-refractivity contribution is -0.128. The summed E-state index contributed by atoms with van der Waals surface area (Å²) in [7, 11) is 0. The zero-order chi connectivity index (χ0) is 14.7. The van der Waals surface area contributed by atoms with Gasteiger partial charge in [-0.1, -0.05) is 18.2 Å². The molecule has 0 atom stereocenters. The second kappa shape index (κ2) is 5.66. The number of anilines is 1. The Morgan fingerprint density at radius 1 is 1.40 bits per heavy atom. The van der Waals surface area contributed by atoms with Crippen LogP contribution in [0.1, 0.15) is 5.56 Å². The highest BCUT2D eigenvalue weighted by atomic mass is 32.1. The summed E-state index contributed by atoms with van der Waals surface area (Å²) in [6, 6.07) is 6.91. The van der Waals surface area contributed by atoms with Crippen molar-refractivity contribution in [2.75, 3.05) is 12.3 Å². The smallest absolute Gasteiger partial charge is 0.265 e. The Kier molecular flexibility index (Phi) is 3.95. The van der Waals surface area contributed by atoms with E-state index in [9.17, 15) is 9.59 Å². The van der Waals surface area contributed by atoms with Gasteiger partial charge >= 0.3 is 0 Å². The number of carbonyl (C=O) groups is 2. The molecule has 1 aromatic rings. The number of amides is 2. The molecule has 2 amide bonds. The number of benzene rings is 1. The molecule has 1 aliphatic rings. The molecule has 0 spiro atoms. The van der Waals surface area contributed by atoms with Crippen LogP contribution in [-0.4, -0.2) is 28.4 Å². The zero-order valence-electron chi connectivity index (χ0n) is 10.6. The third-order valence-electron chi connectivity index (χ3n) is 2.72. The van der Waals surface area contributed by atoms with Crippen LogP contribution in [0.3, 0.4) is 0 Å². The molecular weight excluding hydrogens is 274 g/mol. The lowest BCUT2D eigenvalue weighted by Gasteiger charge is -2.27. The van der Waals surface area contributed by atoms with Gasteiger partial charge in [0.25, 0.3) is 11.8 Å². The number of hydrogen-bond acceptors (Lipinski definition) is 4. The third-order valence-corrected chi connectivity index (χ3v) is 3.04. The van der Waals surface area contributed by atoms with Crippen molar-refractivity contribution in [3.63, 3.8) is 0 Å². The van der Waals surface area contributed by atoms with Crippen molar-refractivity contribution in [2.24, 2.45) is 0 Å². The van der Waals surface area contributed by atoms with Crippen LogP contribution in [0.25, 0.3) is 6.08 Å². The van der Waals surface area contributed by atoms with Gasteiger partial charge < -0.3 is 5.73 Å². The fraction of sp³-hybridized carbons (Fsp3) is 0.0714. The zero-order valence-corrected chi connectivity index (χ0v) is 11.4. The van der Waals surface area contributed by atoms with E-state index >= 15 is 0 Å². The summed E-state index contributed by atoms with van der Waals surface area (Å²) in [5, 5.41) is 2.57. The molecule has 0 aromatic heterocycles. The molecule has 1 saturated heterocycles. The van der Waals surface area contributed by atoms with Crippen molar-refractivity contribution >= 4 is 40.9 Å². The third kappa shape index (κ3) is 2.75. The van der Waals surface area contributed by atoms with Gasteiger partial charge in [0.2, 0.25) is 0 Å². The molecule has 6 heteroatoms. The minimum Gasteiger partial charge on any atom is -0.399 e. The molecule has 2 rings (SSSR count). The van der Waals surface area contributed by atoms with Gasteiger partial charge in [0.05, 0.1) is 0 Å². The van der Waals surface area contributed by atoms with Crippen LogP contribution in [0.15, 0.2) is 42.5 Å². The maximum Gasteiger partial charge on any atom is 0.265 e. The molecule has 0 bridgehead atoms. The summed E-state index contributed by atoms with van der Waals surface area (Å²) in [6.45, 7) is 3.80. The number of nitrogens with one attached hydrogen (secondary N) is 1. The topological polar surface area (TPSA) is 75.4 Å². The van der Waals surface area contributed by atoms with Gasteiger partial charge in [-0.2, -0.15) is 0 Å². The van der Waals surface area contributed by atoms with Crippen LogP contribution in [0.2, 0.25) is 0 Å². The normalized spacial score (nSPS) is 17.3. The molecule has 1 aromatic carbocycles. The van der Waals surface area contributed by atoms with Crippen molar-refractivity contribution in [3.05, 3.63) is 48.1 Å². The van der Waals surface area contributed by atoms with Crippen LogP contribution in [-0.2, 0) is 9.59 Å². The highest BCUT2D eigenvalue weighted by Gasteiger charge is 2.32. The summed E-state index contributed by atoms with van der Waals surface area (Å²) < 4.78 is 0. The van der Waals surface area contributed by atoms with Crippen molar-refractivity contribution in [1.82, 2.24) is 10.2 Å². The largest absolute Gasteiger partial charge is 0.399 e. The summed E-state index contributed by atoms with van der Waals surface area (Å²) >= 11 is 4.96. The maximum atomic E-state index is 12.3. The predicted molar refractivity (Wildman–Crippen MR) is 81.5 cm³/mol. The molecule has 0 aliphatic carbocycles. The molecule has 0 saturated carbocycles. The Hall–Kier alpha value is -2.47. The lowest BCUT2D eigenvalue weighted by Crippen LogP contribution is -2.53. The number of nitrogens with two attached hydrogens (primary N) is 1. The van der Waals surface area contributed by atoms with Gasteiger partial charge in [0.15, 0.2) is 5.11 Å². The quantitative estimate of drug-likeness (QED) is 0.287. The van der Waals surface area contributed by atoms with E-state index in [1.165, 1.54) is 11.0 Å². The minimum absolute atomic E-state index is 0.0195. The molecule has 3 N–H and O–H groups in total. The molecule has 102 valence electrons. The second-order valence-electron chi connectivity index (χ2n) is 4.19. The SMILES string of the molecule is C=CCN1C(=O)/C(=C/c2cccc(N)c2)C(=O)NC1=S. The predicted octanol–water partition coefficient (Wildman–Crippen LogP) is 1.08. The molecule has 1 fully saturated rings. The Labute approximate surface area is 121 Å². The Morgan fingerprint density at radius 2 is 2.15 bits per heavy atom. The first-order valence-corrected chi connectivity index (χ1v) is 6.29. The van der Waals surface area contributed by atoms with Crippen LogP contribution in [0.4, 0.5) is 5.69 Å². The Balaban J connectivity index is 2.38. The number of carbonyl (C=O) groups excluding carboxylic acids is 2. The van der Waals surface area contributed by atoms with E-state index in [0.29, 0.717) is 11.3 Å². The van der Waals surface area contributed by atoms with Crippen molar-refractivity contribution < 1.29 is 9.59 Å². The van der Waals surface area contributed by atoms with Crippen LogP contribution in [0, 0.1) is 0 Å². The van der Waals surface area contributed by atoms with Gasteiger partial charge in [0, 0.05) is 12.2 Å². The Morgan fingerprint density at radius 3 is 2.80 bits per heavy atom.